The molecule has 0 aliphatic rings. The van der Waals surface area contributed by atoms with Crippen molar-refractivity contribution in [2.45, 2.75) is 6.42 Å². The summed E-state index contributed by atoms with van der Waals surface area (Å²) in [5.41, 5.74) is 8.65. The lowest BCUT2D eigenvalue weighted by molar-refractivity contribution is -0.119. The van der Waals surface area contributed by atoms with Crippen LogP contribution in [0.15, 0.2) is 54.8 Å². The standard InChI is InChI=1S/C18H20N2O3/c1-22-12-17(14-5-7-15(19)8-6-14)20-18(21)11-13-3-9-16(23-2)10-4-13/h3-10,12H,11,19H2,1-2H3,(H,20,21). The summed E-state index contributed by atoms with van der Waals surface area (Å²) in [5.74, 6) is 0.631. The topological polar surface area (TPSA) is 73.6 Å². The average molecular weight is 312 g/mol. The van der Waals surface area contributed by atoms with Gasteiger partial charge in [-0.25, -0.2) is 0 Å². The molecule has 0 saturated carbocycles. The predicted molar refractivity (Wildman–Crippen MR) is 90.7 cm³/mol. The molecule has 0 aliphatic carbocycles. The summed E-state index contributed by atoms with van der Waals surface area (Å²) in [5, 5.41) is 2.86. The summed E-state index contributed by atoms with van der Waals surface area (Å²) in [6.45, 7) is 0. The molecule has 0 unspecified atom stereocenters. The minimum Gasteiger partial charge on any atom is -0.502 e. The first-order valence-corrected chi connectivity index (χ1v) is 7.14. The van der Waals surface area contributed by atoms with Gasteiger partial charge in [0.05, 0.1) is 26.3 Å². The van der Waals surface area contributed by atoms with E-state index in [1.54, 1.807) is 19.2 Å². The number of carbonyl (C=O) groups is 1. The highest BCUT2D eigenvalue weighted by Crippen LogP contribution is 2.15. The van der Waals surface area contributed by atoms with Crippen LogP contribution in [-0.2, 0) is 16.0 Å². The van der Waals surface area contributed by atoms with Crippen LogP contribution in [0.1, 0.15) is 11.1 Å². The Labute approximate surface area is 135 Å². The number of hydrogen-bond acceptors (Lipinski definition) is 4. The van der Waals surface area contributed by atoms with Crippen LogP contribution < -0.4 is 15.8 Å². The Morgan fingerprint density at radius 1 is 1.09 bits per heavy atom. The largest absolute Gasteiger partial charge is 0.502 e. The maximum absolute atomic E-state index is 12.2. The highest BCUT2D eigenvalue weighted by molar-refractivity contribution is 5.88. The van der Waals surface area contributed by atoms with Crippen molar-refractivity contribution in [3.05, 3.63) is 65.9 Å². The van der Waals surface area contributed by atoms with Crippen molar-refractivity contribution in [1.82, 2.24) is 5.32 Å². The SMILES string of the molecule is COC=C(NC(=O)Cc1ccc(OC)cc1)c1ccc(N)cc1. The molecule has 0 fully saturated rings. The fraction of sp³-hybridized carbons (Fsp3) is 0.167. The van der Waals surface area contributed by atoms with E-state index in [9.17, 15) is 4.79 Å². The van der Waals surface area contributed by atoms with Gasteiger partial charge < -0.3 is 20.5 Å². The van der Waals surface area contributed by atoms with Crippen LogP contribution in [0.4, 0.5) is 5.69 Å². The van der Waals surface area contributed by atoms with Crippen LogP contribution in [0.5, 0.6) is 5.75 Å². The van der Waals surface area contributed by atoms with Gasteiger partial charge in [0.2, 0.25) is 5.91 Å². The molecule has 0 atom stereocenters. The lowest BCUT2D eigenvalue weighted by Gasteiger charge is -2.10. The third kappa shape index (κ3) is 4.78. The number of amides is 1. The number of hydrogen-bond donors (Lipinski definition) is 2. The molecule has 0 heterocycles. The highest BCUT2D eigenvalue weighted by Gasteiger charge is 2.09. The second kappa shape index (κ2) is 7.89. The van der Waals surface area contributed by atoms with Gasteiger partial charge >= 0.3 is 0 Å². The fourth-order valence-electron chi connectivity index (χ4n) is 2.07. The molecule has 2 aromatic carbocycles. The fourth-order valence-corrected chi connectivity index (χ4v) is 2.07. The number of nitrogen functional groups attached to an aromatic ring is 1. The Morgan fingerprint density at radius 3 is 2.30 bits per heavy atom. The molecule has 0 saturated heterocycles. The molecular weight excluding hydrogens is 292 g/mol. The van der Waals surface area contributed by atoms with Crippen molar-refractivity contribution in [1.29, 1.82) is 0 Å². The molecule has 2 aromatic rings. The summed E-state index contributed by atoms with van der Waals surface area (Å²) < 4.78 is 10.1. The van der Waals surface area contributed by atoms with Gasteiger partial charge in [-0.2, -0.15) is 0 Å². The molecule has 0 aliphatic heterocycles. The number of nitrogens with one attached hydrogen (secondary N) is 1. The van der Waals surface area contributed by atoms with E-state index in [1.165, 1.54) is 13.4 Å². The van der Waals surface area contributed by atoms with Crippen molar-refractivity contribution in [3.8, 4) is 5.75 Å². The van der Waals surface area contributed by atoms with Gasteiger partial charge in [0, 0.05) is 11.3 Å². The number of nitrogens with two attached hydrogens (primary N) is 1. The summed E-state index contributed by atoms with van der Waals surface area (Å²) in [4.78, 5) is 12.2. The molecule has 3 N–H and O–H groups in total. The van der Waals surface area contributed by atoms with Crippen LogP contribution in [0, 0.1) is 0 Å². The van der Waals surface area contributed by atoms with Crippen molar-refractivity contribution in [3.63, 3.8) is 0 Å². The second-order valence-electron chi connectivity index (χ2n) is 4.96. The van der Waals surface area contributed by atoms with Crippen LogP contribution >= 0.6 is 0 Å². The number of benzene rings is 2. The molecule has 0 spiro atoms. The smallest absolute Gasteiger partial charge is 0.228 e. The molecule has 1 amide bonds. The summed E-state index contributed by atoms with van der Waals surface area (Å²) in [6, 6.07) is 14.6. The second-order valence-corrected chi connectivity index (χ2v) is 4.96. The Morgan fingerprint density at radius 2 is 1.74 bits per heavy atom. The zero-order valence-corrected chi connectivity index (χ0v) is 13.2. The third-order valence-corrected chi connectivity index (χ3v) is 3.26. The van der Waals surface area contributed by atoms with Gasteiger partial charge in [-0.05, 0) is 29.8 Å². The van der Waals surface area contributed by atoms with Gasteiger partial charge in [0.25, 0.3) is 0 Å². The van der Waals surface area contributed by atoms with E-state index in [2.05, 4.69) is 5.32 Å². The molecule has 0 bridgehead atoms. The molecular formula is C18H20N2O3. The van der Waals surface area contributed by atoms with Crippen molar-refractivity contribution < 1.29 is 14.3 Å². The zero-order chi connectivity index (χ0) is 16.7. The van der Waals surface area contributed by atoms with E-state index < -0.39 is 0 Å². The van der Waals surface area contributed by atoms with Gasteiger partial charge in [-0.3, -0.25) is 4.79 Å². The van der Waals surface area contributed by atoms with Crippen molar-refractivity contribution in [2.75, 3.05) is 20.0 Å². The van der Waals surface area contributed by atoms with Crippen molar-refractivity contribution in [2.24, 2.45) is 0 Å². The first kappa shape index (κ1) is 16.4. The van der Waals surface area contributed by atoms with Gasteiger partial charge in [-0.15, -0.1) is 0 Å². The number of carbonyl (C=O) groups excluding carboxylic acids is 1. The number of ether oxygens (including phenoxy) is 2. The normalized spacial score (nSPS) is 11.0. The van der Waals surface area contributed by atoms with E-state index in [1.807, 2.05) is 36.4 Å². The van der Waals surface area contributed by atoms with E-state index >= 15 is 0 Å². The van der Waals surface area contributed by atoms with E-state index in [-0.39, 0.29) is 12.3 Å². The van der Waals surface area contributed by atoms with Crippen LogP contribution in [0.25, 0.3) is 5.70 Å². The quantitative estimate of drug-likeness (QED) is 0.635. The Bertz CT molecular complexity index is 676. The molecule has 5 heteroatoms. The summed E-state index contributed by atoms with van der Waals surface area (Å²) in [6.07, 6.45) is 1.76. The Balaban J connectivity index is 2.05. The summed E-state index contributed by atoms with van der Waals surface area (Å²) >= 11 is 0. The molecule has 23 heavy (non-hydrogen) atoms. The Kier molecular flexibility index (Phi) is 5.63. The number of rotatable bonds is 6. The summed E-state index contributed by atoms with van der Waals surface area (Å²) in [7, 11) is 3.14. The van der Waals surface area contributed by atoms with Crippen LogP contribution in [-0.4, -0.2) is 20.1 Å². The van der Waals surface area contributed by atoms with Gasteiger partial charge in [0.15, 0.2) is 0 Å². The Hall–Kier alpha value is -2.95. The average Bonchev–Trinajstić information content (AvgIpc) is 2.56. The van der Waals surface area contributed by atoms with E-state index in [0.717, 1.165) is 16.9 Å². The molecule has 5 nitrogen and oxygen atoms in total. The highest BCUT2D eigenvalue weighted by atomic mass is 16.5. The molecule has 0 radical (unpaired) electrons. The first-order chi connectivity index (χ1) is 11.1. The molecule has 120 valence electrons. The van der Waals surface area contributed by atoms with E-state index in [0.29, 0.717) is 11.4 Å². The van der Waals surface area contributed by atoms with Crippen LogP contribution in [0.2, 0.25) is 0 Å². The maximum atomic E-state index is 12.2. The molecule has 2 rings (SSSR count). The minimum atomic E-state index is -0.129. The number of methoxy groups -OCH3 is 2. The van der Waals surface area contributed by atoms with Gasteiger partial charge in [0.1, 0.15) is 12.0 Å². The minimum absolute atomic E-state index is 0.129. The predicted octanol–water partition coefficient (Wildman–Crippen LogP) is 2.58. The zero-order valence-electron chi connectivity index (χ0n) is 13.2. The molecule has 0 aromatic heterocycles. The first-order valence-electron chi connectivity index (χ1n) is 7.14. The van der Waals surface area contributed by atoms with Crippen molar-refractivity contribution >= 4 is 17.3 Å². The van der Waals surface area contributed by atoms with E-state index in [4.69, 9.17) is 15.2 Å². The number of anilines is 1. The van der Waals surface area contributed by atoms with Gasteiger partial charge in [-0.1, -0.05) is 24.3 Å². The monoisotopic (exact) mass is 312 g/mol. The lowest BCUT2D eigenvalue weighted by Crippen LogP contribution is -2.24. The lowest BCUT2D eigenvalue weighted by atomic mass is 10.1. The van der Waals surface area contributed by atoms with Crippen LogP contribution in [0.3, 0.4) is 0 Å². The maximum Gasteiger partial charge on any atom is 0.228 e. The third-order valence-electron chi connectivity index (χ3n) is 3.26.